The van der Waals surface area contributed by atoms with Crippen molar-refractivity contribution in [1.82, 2.24) is 0 Å². The molecule has 10 heteroatoms. The first-order valence-electron chi connectivity index (χ1n) is 16.8. The van der Waals surface area contributed by atoms with E-state index >= 15 is 0 Å². The zero-order valence-electron chi connectivity index (χ0n) is 28.5. The van der Waals surface area contributed by atoms with E-state index in [-0.39, 0.29) is 54.8 Å². The first-order chi connectivity index (χ1) is 24.2. The molecule has 0 spiro atoms. The lowest BCUT2D eigenvalue weighted by molar-refractivity contribution is -0.140. The molecule has 1 aromatic rings. The highest BCUT2D eigenvalue weighted by atomic mass is 19.2. The minimum Gasteiger partial charge on any atom is -0.431 e. The third-order valence-electron chi connectivity index (χ3n) is 8.25. The molecule has 272 valence electrons. The van der Waals surface area contributed by atoms with Crippen molar-refractivity contribution in [2.75, 3.05) is 0 Å². The van der Waals surface area contributed by atoms with E-state index in [9.17, 15) is 35.9 Å². The Balaban J connectivity index is 1.25. The molecule has 0 atom stereocenters. The van der Waals surface area contributed by atoms with Gasteiger partial charge in [0, 0.05) is 43.4 Å². The van der Waals surface area contributed by atoms with Crippen LogP contribution < -0.4 is 0 Å². The third-order valence-corrected chi connectivity index (χ3v) is 8.25. The van der Waals surface area contributed by atoms with Gasteiger partial charge in [0.05, 0.1) is 0 Å². The zero-order valence-corrected chi connectivity index (χ0v) is 28.5. The van der Waals surface area contributed by atoms with Crippen LogP contribution >= 0.6 is 0 Å². The fourth-order valence-electron chi connectivity index (χ4n) is 5.29. The Morgan fingerprint density at radius 2 is 1.37 bits per heavy atom. The number of carbonyl (C=O) groups excluding carboxylic acids is 2. The molecule has 4 nitrogen and oxygen atoms in total. The number of rotatable bonds is 19. The van der Waals surface area contributed by atoms with Gasteiger partial charge in [-0.05, 0) is 71.7 Å². The van der Waals surface area contributed by atoms with Gasteiger partial charge in [-0.25, -0.2) is 26.3 Å². The number of halogens is 6. The van der Waals surface area contributed by atoms with Crippen molar-refractivity contribution in [1.29, 1.82) is 0 Å². The van der Waals surface area contributed by atoms with E-state index in [1.807, 2.05) is 0 Å². The molecule has 0 heterocycles. The van der Waals surface area contributed by atoms with E-state index in [1.54, 1.807) is 0 Å². The molecule has 1 aromatic carbocycles. The second-order valence-electron chi connectivity index (χ2n) is 12.2. The molecule has 2 aliphatic rings. The van der Waals surface area contributed by atoms with Gasteiger partial charge in [0.2, 0.25) is 0 Å². The molecule has 0 unspecified atom stereocenters. The molecule has 0 fully saturated rings. The summed E-state index contributed by atoms with van der Waals surface area (Å²) < 4.78 is 93.1. The smallest absolute Gasteiger partial charge is 0.311 e. The quantitative estimate of drug-likeness (QED) is 0.0471. The molecule has 3 rings (SSSR count). The maximum absolute atomic E-state index is 14.7. The van der Waals surface area contributed by atoms with Gasteiger partial charge < -0.3 is 9.47 Å². The fourth-order valence-corrected chi connectivity index (χ4v) is 5.29. The Bertz CT molecular complexity index is 1740. The molecule has 0 amide bonds. The predicted molar refractivity (Wildman–Crippen MR) is 187 cm³/mol. The maximum atomic E-state index is 14.7. The summed E-state index contributed by atoms with van der Waals surface area (Å²) in [5, 5.41) is 0. The van der Waals surface area contributed by atoms with Crippen molar-refractivity contribution < 1.29 is 45.4 Å². The number of benzene rings is 1. The molecule has 0 radical (unpaired) electrons. The molecule has 0 N–H and O–H groups in total. The molecule has 0 saturated carbocycles. The van der Waals surface area contributed by atoms with E-state index < -0.39 is 46.9 Å². The molecular formula is C41H42F6O4. The first kappa shape index (κ1) is 40.6. The fraction of sp³-hybridized carbons (Fsp3) is 0.317. The predicted octanol–water partition coefficient (Wildman–Crippen LogP) is 12.4. The van der Waals surface area contributed by atoms with Crippen LogP contribution in [0.25, 0.3) is 5.57 Å². The lowest BCUT2D eigenvalue weighted by Gasteiger charge is -2.20. The minimum absolute atomic E-state index is 0.0902. The van der Waals surface area contributed by atoms with Gasteiger partial charge in [-0.2, -0.15) is 0 Å². The SMILES string of the molecule is C=C(/C=C(/F)C(=C)C(=C)/C=C\C(=C)c1ccc(F)c(F)c1)OC(=O)CCCCCCCCCC(=O)OC1=CC(F)=C(C2=CC(F)=C(F)CC2)CC1. The molecule has 0 aromatic heterocycles. The van der Waals surface area contributed by atoms with E-state index in [1.165, 1.54) is 18.2 Å². The van der Waals surface area contributed by atoms with Crippen molar-refractivity contribution >= 4 is 17.5 Å². The summed E-state index contributed by atoms with van der Waals surface area (Å²) in [6.07, 6.45) is 12.4. The van der Waals surface area contributed by atoms with Crippen LogP contribution in [0.1, 0.15) is 89.0 Å². The van der Waals surface area contributed by atoms with Crippen LogP contribution in [0.2, 0.25) is 0 Å². The summed E-state index contributed by atoms with van der Waals surface area (Å²) in [5.74, 6) is -6.21. The van der Waals surface area contributed by atoms with E-state index in [2.05, 4.69) is 26.3 Å². The summed E-state index contributed by atoms with van der Waals surface area (Å²) in [7, 11) is 0. The van der Waals surface area contributed by atoms with Crippen LogP contribution in [0.4, 0.5) is 26.3 Å². The van der Waals surface area contributed by atoms with Gasteiger partial charge in [0.1, 0.15) is 29.0 Å². The molecule has 0 saturated heterocycles. The summed E-state index contributed by atoms with van der Waals surface area (Å²) in [6, 6.07) is 3.33. The summed E-state index contributed by atoms with van der Waals surface area (Å²) >= 11 is 0. The highest BCUT2D eigenvalue weighted by molar-refractivity contribution is 5.73. The average molecular weight is 713 g/mol. The van der Waals surface area contributed by atoms with Gasteiger partial charge in [-0.3, -0.25) is 9.59 Å². The van der Waals surface area contributed by atoms with Crippen LogP contribution in [0, 0.1) is 11.6 Å². The molecule has 51 heavy (non-hydrogen) atoms. The number of carbonyl (C=O) groups is 2. The maximum Gasteiger partial charge on any atom is 0.311 e. The Hall–Kier alpha value is -4.86. The van der Waals surface area contributed by atoms with Crippen LogP contribution in [-0.4, -0.2) is 11.9 Å². The Kier molecular flexibility index (Phi) is 16.0. The monoisotopic (exact) mass is 712 g/mol. The van der Waals surface area contributed by atoms with Gasteiger partial charge in [0.15, 0.2) is 17.5 Å². The summed E-state index contributed by atoms with van der Waals surface area (Å²) in [6.45, 7) is 14.7. The van der Waals surface area contributed by atoms with Crippen LogP contribution in [0.15, 0.2) is 132 Å². The molecule has 0 bridgehead atoms. The molecular weight excluding hydrogens is 670 g/mol. The van der Waals surface area contributed by atoms with E-state index in [0.29, 0.717) is 41.5 Å². The average Bonchev–Trinajstić information content (AvgIpc) is 3.08. The normalized spacial score (nSPS) is 15.1. The number of hydrogen-bond acceptors (Lipinski definition) is 4. The second kappa shape index (κ2) is 20.1. The van der Waals surface area contributed by atoms with Gasteiger partial charge in [0.25, 0.3) is 0 Å². The number of allylic oxidation sites excluding steroid dienone is 15. The van der Waals surface area contributed by atoms with Crippen LogP contribution in [-0.2, 0) is 19.1 Å². The summed E-state index contributed by atoms with van der Waals surface area (Å²) in [4.78, 5) is 24.4. The van der Waals surface area contributed by atoms with Crippen molar-refractivity contribution in [3.63, 3.8) is 0 Å². The molecule has 2 aliphatic carbocycles. The minimum atomic E-state index is -1.02. The third kappa shape index (κ3) is 13.4. The first-order valence-corrected chi connectivity index (χ1v) is 16.8. The zero-order chi connectivity index (χ0) is 37.5. The standard InChI is InChI=1S/C41H42F6O4/c1-26(14-15-27(2)30-16-20-34(42)38(46)23-30)29(4)36(44)22-28(3)50-40(48)12-10-8-6-5-7-9-11-13-41(49)51-32-18-19-33(37(45)25-32)31-17-21-35(43)39(47)24-31/h14-16,20,22-25H,1-13,17-19,21H2/b15-14-,36-22+. The highest BCUT2D eigenvalue weighted by Gasteiger charge is 2.23. The topological polar surface area (TPSA) is 52.6 Å². The van der Waals surface area contributed by atoms with Crippen molar-refractivity contribution in [2.45, 2.75) is 83.5 Å². The Labute approximate surface area is 295 Å². The van der Waals surface area contributed by atoms with E-state index in [0.717, 1.165) is 62.5 Å². The Morgan fingerprint density at radius 3 is 2.00 bits per heavy atom. The van der Waals surface area contributed by atoms with Gasteiger partial charge in [-0.1, -0.05) is 76.6 Å². The lowest BCUT2D eigenvalue weighted by Crippen LogP contribution is -2.09. The number of esters is 2. The van der Waals surface area contributed by atoms with Crippen molar-refractivity contribution in [2.24, 2.45) is 0 Å². The number of ether oxygens (including phenoxy) is 2. The van der Waals surface area contributed by atoms with Gasteiger partial charge in [-0.15, -0.1) is 0 Å². The van der Waals surface area contributed by atoms with Gasteiger partial charge >= 0.3 is 11.9 Å². The lowest BCUT2D eigenvalue weighted by atomic mass is 9.90. The highest BCUT2D eigenvalue weighted by Crippen LogP contribution is 2.37. The van der Waals surface area contributed by atoms with Crippen molar-refractivity contribution in [3.8, 4) is 0 Å². The number of hydrogen-bond donors (Lipinski definition) is 0. The molecule has 0 aliphatic heterocycles. The summed E-state index contributed by atoms with van der Waals surface area (Å²) in [5.41, 5.74) is 1.51. The van der Waals surface area contributed by atoms with Crippen molar-refractivity contribution in [3.05, 3.63) is 149 Å². The second-order valence-corrected chi connectivity index (χ2v) is 12.2. The van der Waals surface area contributed by atoms with E-state index in [4.69, 9.17) is 9.47 Å². The van der Waals surface area contributed by atoms with Crippen LogP contribution in [0.3, 0.4) is 0 Å². The Morgan fingerprint density at radius 1 is 0.725 bits per heavy atom. The largest absolute Gasteiger partial charge is 0.431 e. The number of unbranched alkanes of at least 4 members (excludes halogenated alkanes) is 6. The van der Waals surface area contributed by atoms with Crippen LogP contribution in [0.5, 0.6) is 0 Å².